The number of carbonyl (C=O) groups excluding carboxylic acids is 2. The lowest BCUT2D eigenvalue weighted by molar-refractivity contribution is -0.183. The van der Waals surface area contributed by atoms with Crippen molar-refractivity contribution in [2.45, 2.75) is 75.4 Å². The minimum Gasteiger partial charge on any atom is -0.381 e. The zero-order valence-corrected chi connectivity index (χ0v) is 24.7. The molecule has 1 saturated carbocycles. The van der Waals surface area contributed by atoms with E-state index in [1.807, 2.05) is 0 Å². The first-order valence-corrected chi connectivity index (χ1v) is 15.2. The van der Waals surface area contributed by atoms with Gasteiger partial charge in [0.05, 0.1) is 41.8 Å². The fourth-order valence-corrected chi connectivity index (χ4v) is 6.76. The van der Waals surface area contributed by atoms with E-state index >= 15 is 0 Å². The fraction of sp³-hybridized carbons (Fsp3) is 0.655. The first-order chi connectivity index (χ1) is 21.4. The van der Waals surface area contributed by atoms with Crippen molar-refractivity contribution in [3.8, 4) is 0 Å². The van der Waals surface area contributed by atoms with Crippen molar-refractivity contribution in [3.63, 3.8) is 0 Å². The van der Waals surface area contributed by atoms with Gasteiger partial charge in [-0.05, 0) is 44.1 Å². The van der Waals surface area contributed by atoms with Gasteiger partial charge in [0, 0.05) is 57.5 Å². The molecule has 0 spiro atoms. The molecule has 1 aliphatic carbocycles. The third kappa shape index (κ3) is 6.79. The zero-order valence-electron chi connectivity index (χ0n) is 24.7. The van der Waals surface area contributed by atoms with E-state index in [1.54, 1.807) is 7.05 Å². The zero-order chi connectivity index (χ0) is 31.9. The van der Waals surface area contributed by atoms with Gasteiger partial charge >= 0.3 is 6.18 Å². The largest absolute Gasteiger partial charge is 0.393 e. The molecule has 3 aromatic heterocycles. The number of rotatable bonds is 7. The molecule has 3 aromatic rings. The highest BCUT2D eigenvalue weighted by molar-refractivity contribution is 5.92. The summed E-state index contributed by atoms with van der Waals surface area (Å²) < 4.78 is 78.2. The van der Waals surface area contributed by atoms with Crippen LogP contribution in [0.5, 0.6) is 0 Å². The second kappa shape index (κ2) is 12.2. The third-order valence-corrected chi connectivity index (χ3v) is 9.15. The second-order valence-electron chi connectivity index (χ2n) is 12.4. The number of aromatic nitrogens is 6. The summed E-state index contributed by atoms with van der Waals surface area (Å²) in [6.07, 6.45) is -0.447. The van der Waals surface area contributed by atoms with Gasteiger partial charge in [-0.2, -0.15) is 23.4 Å². The molecular weight excluding hydrogens is 603 g/mol. The highest BCUT2D eigenvalue weighted by atomic mass is 19.4. The smallest absolute Gasteiger partial charge is 0.381 e. The molecule has 1 unspecified atom stereocenters. The normalized spacial score (nSPS) is 26.4. The third-order valence-electron chi connectivity index (χ3n) is 9.15. The number of ether oxygens (including phenoxy) is 1. The number of amides is 2. The van der Waals surface area contributed by atoms with Gasteiger partial charge in [-0.25, -0.2) is 23.3 Å². The Morgan fingerprint density at radius 1 is 1.24 bits per heavy atom. The number of imidazole rings is 1. The summed E-state index contributed by atoms with van der Waals surface area (Å²) in [5, 5.41) is 14.0. The van der Waals surface area contributed by atoms with Gasteiger partial charge in [0.25, 0.3) is 11.7 Å². The van der Waals surface area contributed by atoms with Crippen LogP contribution >= 0.6 is 0 Å². The summed E-state index contributed by atoms with van der Waals surface area (Å²) in [5.74, 6) is -7.22. The maximum Gasteiger partial charge on any atom is 0.393 e. The Kier molecular flexibility index (Phi) is 8.52. The molecule has 5 atom stereocenters. The Bertz CT molecular complexity index is 1550. The van der Waals surface area contributed by atoms with E-state index < -0.39 is 60.7 Å². The number of hydrogen-bond acceptors (Lipinski definition) is 7. The van der Waals surface area contributed by atoms with Crippen LogP contribution in [-0.4, -0.2) is 73.0 Å². The van der Waals surface area contributed by atoms with Crippen LogP contribution in [0, 0.1) is 17.8 Å². The van der Waals surface area contributed by atoms with E-state index in [-0.39, 0.29) is 48.8 Å². The van der Waals surface area contributed by atoms with E-state index in [4.69, 9.17) is 9.72 Å². The van der Waals surface area contributed by atoms with Crippen molar-refractivity contribution in [2.75, 3.05) is 19.8 Å². The Morgan fingerprint density at radius 3 is 2.76 bits per heavy atom. The van der Waals surface area contributed by atoms with Crippen LogP contribution in [0.15, 0.2) is 18.5 Å². The molecule has 2 saturated heterocycles. The quantitative estimate of drug-likeness (QED) is 0.376. The van der Waals surface area contributed by atoms with Gasteiger partial charge < -0.3 is 15.4 Å². The standard InChI is InChI=1S/C29H35F5N8O3/c1-41-22(6-8-36-41)26(44)38-23(16-4-2-7-28(30,31)12-16)21-14-42-27(37-21)39-24(17-5-3-9-45-15-17)20(40-42)11-18-10-19(29(32,33)34)13-35-25(18)43/h6,8,14,16-19,23H,2-5,7,9-13,15H2,1H3,(H,35,43)(H,38,44)/t16-,17?,18+,19+,23-/m0/s1. The van der Waals surface area contributed by atoms with Crippen LogP contribution in [-0.2, 0) is 23.0 Å². The topological polar surface area (TPSA) is 128 Å². The van der Waals surface area contributed by atoms with Crippen molar-refractivity contribution in [2.24, 2.45) is 24.8 Å². The molecule has 16 heteroatoms. The highest BCUT2D eigenvalue weighted by Crippen LogP contribution is 2.42. The number of halogens is 5. The van der Waals surface area contributed by atoms with Crippen molar-refractivity contribution >= 4 is 17.6 Å². The molecule has 0 aromatic carbocycles. The fourth-order valence-electron chi connectivity index (χ4n) is 6.76. The SMILES string of the molecule is Cn1nccc1C(=O)N[C@H](c1cn2nc(C[C@H]3C[C@@H](C(F)(F)F)CNC3=O)c(C3CCCOC3)nc2n1)[C@H]1CCCC(F)(F)C1. The average molecular weight is 639 g/mol. The number of alkyl halides is 5. The molecule has 2 aliphatic heterocycles. The predicted octanol–water partition coefficient (Wildman–Crippen LogP) is 3.91. The van der Waals surface area contributed by atoms with Crippen molar-refractivity contribution in [1.29, 1.82) is 0 Å². The van der Waals surface area contributed by atoms with Crippen LogP contribution in [0.25, 0.3) is 5.78 Å². The van der Waals surface area contributed by atoms with Gasteiger partial charge in [-0.1, -0.05) is 0 Å². The predicted molar refractivity (Wildman–Crippen MR) is 148 cm³/mol. The number of piperidine rings is 1. The highest BCUT2D eigenvalue weighted by Gasteiger charge is 2.45. The molecule has 244 valence electrons. The maximum absolute atomic E-state index is 14.6. The summed E-state index contributed by atoms with van der Waals surface area (Å²) in [5.41, 5.74) is 1.36. The van der Waals surface area contributed by atoms with Gasteiger partial charge in [0.2, 0.25) is 11.8 Å². The molecule has 2 amide bonds. The summed E-state index contributed by atoms with van der Waals surface area (Å²) >= 11 is 0. The summed E-state index contributed by atoms with van der Waals surface area (Å²) in [6, 6.07) is 0.619. The van der Waals surface area contributed by atoms with Gasteiger partial charge in [0.15, 0.2) is 0 Å². The van der Waals surface area contributed by atoms with E-state index in [2.05, 4.69) is 25.8 Å². The number of aryl methyl sites for hydroxylation is 1. The first-order valence-electron chi connectivity index (χ1n) is 15.2. The minimum absolute atomic E-state index is 0.0732. The Hall–Kier alpha value is -3.69. The molecule has 5 heterocycles. The van der Waals surface area contributed by atoms with Crippen LogP contribution in [0.1, 0.15) is 84.5 Å². The molecule has 11 nitrogen and oxygen atoms in total. The number of hydrogen-bond donors (Lipinski definition) is 2. The molecule has 45 heavy (non-hydrogen) atoms. The lowest BCUT2D eigenvalue weighted by atomic mass is 9.80. The van der Waals surface area contributed by atoms with Crippen molar-refractivity contribution in [1.82, 2.24) is 40.0 Å². The summed E-state index contributed by atoms with van der Waals surface area (Å²) in [7, 11) is 1.60. The van der Waals surface area contributed by atoms with Crippen molar-refractivity contribution < 1.29 is 36.3 Å². The Balaban J connectivity index is 1.37. The molecule has 3 aliphatic rings. The van der Waals surface area contributed by atoms with Gasteiger partial charge in [-0.15, -0.1) is 0 Å². The Morgan fingerprint density at radius 2 is 2.07 bits per heavy atom. The lowest BCUT2D eigenvalue weighted by Crippen LogP contribution is -2.47. The van der Waals surface area contributed by atoms with E-state index in [0.717, 1.165) is 6.42 Å². The Labute approximate surface area is 255 Å². The molecule has 6 rings (SSSR count). The number of fused-ring (bicyclic) bond motifs is 1. The van der Waals surface area contributed by atoms with Crippen LogP contribution in [0.4, 0.5) is 22.0 Å². The minimum atomic E-state index is -4.45. The summed E-state index contributed by atoms with van der Waals surface area (Å²) in [4.78, 5) is 35.3. The number of nitrogens with one attached hydrogen (secondary N) is 2. The van der Waals surface area contributed by atoms with E-state index in [9.17, 15) is 31.5 Å². The number of nitrogens with zero attached hydrogens (tertiary/aromatic N) is 6. The summed E-state index contributed by atoms with van der Waals surface area (Å²) in [6.45, 7) is 0.426. The van der Waals surface area contributed by atoms with E-state index in [1.165, 1.54) is 27.7 Å². The molecule has 3 fully saturated rings. The van der Waals surface area contributed by atoms with Crippen LogP contribution in [0.2, 0.25) is 0 Å². The second-order valence-corrected chi connectivity index (χ2v) is 12.4. The van der Waals surface area contributed by atoms with Crippen molar-refractivity contribution in [3.05, 3.63) is 41.2 Å². The molecule has 0 radical (unpaired) electrons. The van der Waals surface area contributed by atoms with E-state index in [0.29, 0.717) is 37.4 Å². The van der Waals surface area contributed by atoms with Gasteiger partial charge in [-0.3, -0.25) is 14.3 Å². The lowest BCUT2D eigenvalue weighted by Gasteiger charge is -2.34. The number of carbonyl (C=O) groups is 2. The average Bonchev–Trinajstić information content (AvgIpc) is 3.61. The molecular formula is C29H35F5N8O3. The molecule has 0 bridgehead atoms. The first kappa shape index (κ1) is 31.3. The molecule has 2 N–H and O–H groups in total. The maximum atomic E-state index is 14.6. The monoisotopic (exact) mass is 638 g/mol. The van der Waals surface area contributed by atoms with Crippen LogP contribution < -0.4 is 10.6 Å². The van der Waals surface area contributed by atoms with Crippen LogP contribution in [0.3, 0.4) is 0 Å². The van der Waals surface area contributed by atoms with Gasteiger partial charge in [0.1, 0.15) is 5.69 Å².